The van der Waals surface area contributed by atoms with Crippen LogP contribution in [0.5, 0.6) is 0 Å². The molecule has 5 nitrogen and oxygen atoms in total. The number of nitrogens with zero attached hydrogens (tertiary/aromatic N) is 1. The van der Waals surface area contributed by atoms with Gasteiger partial charge in [0.1, 0.15) is 6.04 Å². The van der Waals surface area contributed by atoms with Crippen LogP contribution in [-0.4, -0.2) is 42.0 Å². The van der Waals surface area contributed by atoms with E-state index in [9.17, 15) is 13.6 Å². The molecule has 1 aromatic carbocycles. The Balaban J connectivity index is 1.81. The Bertz CT molecular complexity index is 604. The quantitative estimate of drug-likeness (QED) is 0.778. The summed E-state index contributed by atoms with van der Waals surface area (Å²) in [6.07, 6.45) is 1.52. The fourth-order valence-corrected chi connectivity index (χ4v) is 3.63. The molecule has 0 bridgehead atoms. The van der Waals surface area contributed by atoms with Crippen molar-refractivity contribution < 1.29 is 13.6 Å². The van der Waals surface area contributed by atoms with Crippen LogP contribution in [0.3, 0.4) is 0 Å². The molecule has 0 saturated carbocycles. The van der Waals surface area contributed by atoms with Crippen molar-refractivity contribution in [2.24, 2.45) is 0 Å². The molecule has 2 aliphatic rings. The SMILES string of the molecule is CC(C)N1CCC(NC(=O)C2CCNN2)C1c1ccc(F)c(F)c1. The molecular formula is C17H24F2N4O. The Morgan fingerprint density at radius 3 is 2.71 bits per heavy atom. The Labute approximate surface area is 140 Å². The number of rotatable bonds is 4. The van der Waals surface area contributed by atoms with E-state index in [2.05, 4.69) is 34.9 Å². The minimum absolute atomic E-state index is 0.0526. The Morgan fingerprint density at radius 1 is 1.29 bits per heavy atom. The molecule has 24 heavy (non-hydrogen) atoms. The predicted octanol–water partition coefficient (Wildman–Crippen LogP) is 1.47. The van der Waals surface area contributed by atoms with Gasteiger partial charge in [0.25, 0.3) is 0 Å². The zero-order valence-electron chi connectivity index (χ0n) is 14.0. The second-order valence-corrected chi connectivity index (χ2v) is 6.77. The average Bonchev–Trinajstić information content (AvgIpc) is 3.19. The van der Waals surface area contributed by atoms with Crippen LogP contribution < -0.4 is 16.2 Å². The number of amides is 1. The van der Waals surface area contributed by atoms with Gasteiger partial charge >= 0.3 is 0 Å². The van der Waals surface area contributed by atoms with E-state index in [0.717, 1.165) is 32.0 Å². The number of halogens is 2. The number of hydrogen-bond acceptors (Lipinski definition) is 4. The highest BCUT2D eigenvalue weighted by Crippen LogP contribution is 2.34. The molecule has 2 aliphatic heterocycles. The molecule has 0 aromatic heterocycles. The molecule has 2 saturated heterocycles. The van der Waals surface area contributed by atoms with Crippen LogP contribution in [0.4, 0.5) is 8.78 Å². The Morgan fingerprint density at radius 2 is 2.08 bits per heavy atom. The Kier molecular flexibility index (Phi) is 5.12. The number of hydrogen-bond donors (Lipinski definition) is 3. The van der Waals surface area contributed by atoms with Gasteiger partial charge < -0.3 is 5.32 Å². The Hall–Kier alpha value is -1.57. The third kappa shape index (κ3) is 3.43. The monoisotopic (exact) mass is 338 g/mol. The maximum Gasteiger partial charge on any atom is 0.238 e. The molecule has 2 fully saturated rings. The van der Waals surface area contributed by atoms with Gasteiger partial charge in [-0.2, -0.15) is 0 Å². The third-order valence-corrected chi connectivity index (χ3v) is 4.86. The fraction of sp³-hybridized carbons (Fsp3) is 0.588. The van der Waals surface area contributed by atoms with Crippen molar-refractivity contribution in [2.75, 3.05) is 13.1 Å². The standard InChI is InChI=1S/C17H24F2N4O/c1-10(2)23-8-6-14(21-17(24)15-5-7-20-22-15)16(23)11-3-4-12(18)13(19)9-11/h3-4,9-10,14-16,20,22H,5-8H2,1-2H3,(H,21,24). The summed E-state index contributed by atoms with van der Waals surface area (Å²) in [5, 5.41) is 3.09. The van der Waals surface area contributed by atoms with E-state index >= 15 is 0 Å². The van der Waals surface area contributed by atoms with E-state index < -0.39 is 11.6 Å². The molecule has 3 unspecified atom stereocenters. The second-order valence-electron chi connectivity index (χ2n) is 6.77. The zero-order chi connectivity index (χ0) is 17.3. The summed E-state index contributed by atoms with van der Waals surface area (Å²) in [6, 6.07) is 3.74. The van der Waals surface area contributed by atoms with Gasteiger partial charge in [-0.05, 0) is 44.4 Å². The van der Waals surface area contributed by atoms with Crippen LogP contribution in [-0.2, 0) is 4.79 Å². The molecule has 1 amide bonds. The smallest absolute Gasteiger partial charge is 0.238 e. The van der Waals surface area contributed by atoms with Gasteiger partial charge in [0.05, 0.1) is 6.04 Å². The van der Waals surface area contributed by atoms with Crippen molar-refractivity contribution in [3.63, 3.8) is 0 Å². The van der Waals surface area contributed by atoms with Gasteiger partial charge in [0.15, 0.2) is 11.6 Å². The van der Waals surface area contributed by atoms with Crippen LogP contribution >= 0.6 is 0 Å². The highest BCUT2D eigenvalue weighted by Gasteiger charge is 2.38. The first-order chi connectivity index (χ1) is 11.5. The van der Waals surface area contributed by atoms with Crippen molar-refractivity contribution in [1.29, 1.82) is 0 Å². The van der Waals surface area contributed by atoms with Crippen molar-refractivity contribution in [2.45, 2.75) is 50.9 Å². The van der Waals surface area contributed by atoms with Crippen molar-refractivity contribution in [3.05, 3.63) is 35.4 Å². The van der Waals surface area contributed by atoms with Gasteiger partial charge in [0.2, 0.25) is 5.91 Å². The summed E-state index contributed by atoms with van der Waals surface area (Å²) >= 11 is 0. The topological polar surface area (TPSA) is 56.4 Å². The van der Waals surface area contributed by atoms with Crippen LogP contribution in [0.1, 0.15) is 38.3 Å². The van der Waals surface area contributed by atoms with Crippen molar-refractivity contribution in [3.8, 4) is 0 Å². The lowest BCUT2D eigenvalue weighted by molar-refractivity contribution is -0.123. The molecule has 2 heterocycles. The number of benzene rings is 1. The first-order valence-corrected chi connectivity index (χ1v) is 8.47. The fourth-order valence-electron chi connectivity index (χ4n) is 3.63. The van der Waals surface area contributed by atoms with Crippen LogP contribution in [0.2, 0.25) is 0 Å². The van der Waals surface area contributed by atoms with E-state index in [1.165, 1.54) is 6.07 Å². The summed E-state index contributed by atoms with van der Waals surface area (Å²) in [7, 11) is 0. The van der Waals surface area contributed by atoms with Gasteiger partial charge in [-0.25, -0.2) is 14.2 Å². The molecule has 3 atom stereocenters. The molecule has 3 rings (SSSR count). The third-order valence-electron chi connectivity index (χ3n) is 4.86. The summed E-state index contributed by atoms with van der Waals surface area (Å²) in [5.41, 5.74) is 6.60. The highest BCUT2D eigenvalue weighted by molar-refractivity contribution is 5.82. The van der Waals surface area contributed by atoms with Crippen LogP contribution in [0.25, 0.3) is 0 Å². The summed E-state index contributed by atoms with van der Waals surface area (Å²) in [6.45, 7) is 5.70. The van der Waals surface area contributed by atoms with Crippen LogP contribution in [0, 0.1) is 11.6 Å². The normalized spacial score (nSPS) is 27.8. The maximum absolute atomic E-state index is 13.7. The molecule has 7 heteroatoms. The van der Waals surface area contributed by atoms with Gasteiger partial charge in [0, 0.05) is 25.2 Å². The van der Waals surface area contributed by atoms with E-state index in [1.807, 2.05) is 0 Å². The van der Waals surface area contributed by atoms with E-state index in [0.29, 0.717) is 5.56 Å². The average molecular weight is 338 g/mol. The molecule has 0 spiro atoms. The van der Waals surface area contributed by atoms with Gasteiger partial charge in [-0.15, -0.1) is 0 Å². The van der Waals surface area contributed by atoms with E-state index in [-0.39, 0.29) is 30.1 Å². The molecule has 0 aliphatic carbocycles. The van der Waals surface area contributed by atoms with Crippen molar-refractivity contribution in [1.82, 2.24) is 21.1 Å². The first kappa shape index (κ1) is 17.3. The minimum Gasteiger partial charge on any atom is -0.350 e. The van der Waals surface area contributed by atoms with Gasteiger partial charge in [-0.1, -0.05) is 6.07 Å². The summed E-state index contributed by atoms with van der Waals surface area (Å²) in [5.74, 6) is -1.76. The molecule has 0 radical (unpaired) electrons. The first-order valence-electron chi connectivity index (χ1n) is 8.47. The summed E-state index contributed by atoms with van der Waals surface area (Å²) < 4.78 is 27.0. The molecule has 3 N–H and O–H groups in total. The van der Waals surface area contributed by atoms with Crippen molar-refractivity contribution >= 4 is 5.91 Å². The number of carbonyl (C=O) groups excluding carboxylic acids is 1. The molecule has 1 aromatic rings. The van der Waals surface area contributed by atoms with E-state index in [1.54, 1.807) is 6.07 Å². The number of carbonyl (C=O) groups is 1. The largest absolute Gasteiger partial charge is 0.350 e. The predicted molar refractivity (Wildman–Crippen MR) is 87.0 cm³/mol. The number of nitrogens with one attached hydrogen (secondary N) is 3. The minimum atomic E-state index is -0.852. The maximum atomic E-state index is 13.7. The zero-order valence-corrected chi connectivity index (χ0v) is 14.0. The van der Waals surface area contributed by atoms with E-state index in [4.69, 9.17) is 0 Å². The molecular weight excluding hydrogens is 314 g/mol. The number of likely N-dealkylation sites (tertiary alicyclic amines) is 1. The lowest BCUT2D eigenvalue weighted by Gasteiger charge is -2.32. The van der Waals surface area contributed by atoms with Gasteiger partial charge in [-0.3, -0.25) is 15.1 Å². The lowest BCUT2D eigenvalue weighted by atomic mass is 9.98. The molecule has 132 valence electrons. The second kappa shape index (κ2) is 7.13. The van der Waals surface area contributed by atoms with Crippen LogP contribution in [0.15, 0.2) is 18.2 Å². The highest BCUT2D eigenvalue weighted by atomic mass is 19.2. The lowest BCUT2D eigenvalue weighted by Crippen LogP contribution is -2.48. The summed E-state index contributed by atoms with van der Waals surface area (Å²) in [4.78, 5) is 14.6. The number of hydrazine groups is 1.